The number of fused-ring (bicyclic) bond motifs is 1. The molecule has 4 heterocycles. The molecule has 0 aliphatic heterocycles. The van der Waals surface area contributed by atoms with Gasteiger partial charge in [0.05, 0.1) is 11.3 Å². The van der Waals surface area contributed by atoms with Gasteiger partial charge in [-0.05, 0) is 42.5 Å². The smallest absolute Gasteiger partial charge is 0.260 e. The molecule has 7 heteroatoms. The van der Waals surface area contributed by atoms with Crippen LogP contribution in [0.2, 0.25) is 0 Å². The number of aromatic nitrogens is 5. The van der Waals surface area contributed by atoms with E-state index >= 15 is 0 Å². The van der Waals surface area contributed by atoms with Crippen LogP contribution in [0, 0.1) is 0 Å². The maximum Gasteiger partial charge on any atom is 0.260 e. The number of carbonyl (C=O) groups excluding carboxylic acids is 1. The van der Waals surface area contributed by atoms with E-state index in [4.69, 9.17) is 5.10 Å². The Morgan fingerprint density at radius 3 is 2.37 bits per heavy atom. The Labute approximate surface area is 170 Å². The topological polar surface area (TPSA) is 93.5 Å². The van der Waals surface area contributed by atoms with Crippen LogP contribution >= 0.6 is 0 Å². The van der Waals surface area contributed by atoms with Gasteiger partial charge in [-0.25, -0.2) is 4.68 Å². The van der Waals surface area contributed by atoms with Crippen molar-refractivity contribution in [1.29, 1.82) is 0 Å². The molecule has 1 N–H and O–H groups in total. The summed E-state index contributed by atoms with van der Waals surface area (Å²) in [6.45, 7) is 0. The van der Waals surface area contributed by atoms with Crippen molar-refractivity contribution in [3.63, 3.8) is 0 Å². The average molecular weight is 393 g/mol. The molecule has 0 bridgehead atoms. The van der Waals surface area contributed by atoms with E-state index in [9.17, 15) is 9.59 Å². The van der Waals surface area contributed by atoms with Gasteiger partial charge in [-0.15, -0.1) is 0 Å². The summed E-state index contributed by atoms with van der Waals surface area (Å²) >= 11 is 0. The number of rotatable bonds is 4. The lowest BCUT2D eigenvalue weighted by Crippen LogP contribution is -2.19. The summed E-state index contributed by atoms with van der Waals surface area (Å²) < 4.78 is 1.66. The minimum atomic E-state index is -0.480. The highest BCUT2D eigenvalue weighted by molar-refractivity contribution is 6.10. The first-order chi connectivity index (χ1) is 14.7. The number of nitrogens with one attached hydrogen (secondary N) is 1. The van der Waals surface area contributed by atoms with Crippen molar-refractivity contribution in [2.45, 2.75) is 0 Å². The van der Waals surface area contributed by atoms with Crippen LogP contribution in [0.15, 0.2) is 90.2 Å². The minimum absolute atomic E-state index is 0.0354. The van der Waals surface area contributed by atoms with E-state index in [0.29, 0.717) is 22.3 Å². The van der Waals surface area contributed by atoms with E-state index in [1.54, 1.807) is 41.5 Å². The molecule has 30 heavy (non-hydrogen) atoms. The van der Waals surface area contributed by atoms with Crippen LogP contribution in [-0.4, -0.2) is 30.5 Å². The number of hydrogen-bond acceptors (Lipinski definition) is 5. The maximum absolute atomic E-state index is 12.9. The van der Waals surface area contributed by atoms with Gasteiger partial charge in [-0.2, -0.15) is 5.10 Å². The van der Waals surface area contributed by atoms with Gasteiger partial charge in [0.15, 0.2) is 5.78 Å². The predicted molar refractivity (Wildman–Crippen MR) is 113 cm³/mol. The second kappa shape index (κ2) is 7.21. The summed E-state index contributed by atoms with van der Waals surface area (Å²) in [6.07, 6.45) is 6.40. The Morgan fingerprint density at radius 1 is 0.900 bits per heavy atom. The molecule has 0 atom stereocenters. The monoisotopic (exact) mass is 393 g/mol. The molecule has 5 aromatic rings. The molecular weight excluding hydrogens is 378 g/mol. The Balaban J connectivity index is 1.78. The first-order valence-corrected chi connectivity index (χ1v) is 9.29. The van der Waals surface area contributed by atoms with Crippen LogP contribution in [0.25, 0.3) is 28.0 Å². The van der Waals surface area contributed by atoms with Gasteiger partial charge < -0.3 is 4.98 Å². The minimum Gasteiger partial charge on any atom is -0.306 e. The van der Waals surface area contributed by atoms with Gasteiger partial charge in [0.1, 0.15) is 11.3 Å². The molecule has 0 radical (unpaired) electrons. The average Bonchev–Trinajstić information content (AvgIpc) is 3.18. The van der Waals surface area contributed by atoms with E-state index in [-0.39, 0.29) is 5.56 Å². The summed E-state index contributed by atoms with van der Waals surface area (Å²) in [5, 5.41) is 5.38. The maximum atomic E-state index is 12.9. The predicted octanol–water partition coefficient (Wildman–Crippen LogP) is 3.40. The number of pyridine rings is 3. The molecule has 0 saturated carbocycles. The molecule has 0 aliphatic carbocycles. The standard InChI is InChI=1S/C23H15N5O2/c29-21(16-7-5-11-25-14-16)19-12-18-20(15-6-4-10-24-13-15)27-28(22(18)26-23(19)30)17-8-2-1-3-9-17/h1-14H,(H,26,30). The Bertz CT molecular complexity index is 1410. The number of ketones is 1. The van der Waals surface area contributed by atoms with Crippen molar-refractivity contribution < 1.29 is 4.79 Å². The second-order valence-electron chi connectivity index (χ2n) is 6.68. The molecular formula is C23H15N5O2. The van der Waals surface area contributed by atoms with Gasteiger partial charge in [-0.1, -0.05) is 18.2 Å². The highest BCUT2D eigenvalue weighted by Gasteiger charge is 2.20. The number of H-pyrrole nitrogens is 1. The molecule has 0 aliphatic rings. The number of hydrogen-bond donors (Lipinski definition) is 1. The van der Waals surface area contributed by atoms with Crippen LogP contribution in [0.4, 0.5) is 0 Å². The van der Waals surface area contributed by atoms with Gasteiger partial charge >= 0.3 is 0 Å². The van der Waals surface area contributed by atoms with E-state index in [1.165, 1.54) is 6.20 Å². The fourth-order valence-corrected chi connectivity index (χ4v) is 3.37. The molecule has 0 fully saturated rings. The van der Waals surface area contributed by atoms with Crippen LogP contribution < -0.4 is 5.56 Å². The second-order valence-corrected chi connectivity index (χ2v) is 6.68. The molecule has 5 rings (SSSR count). The third-order valence-electron chi connectivity index (χ3n) is 4.79. The third-order valence-corrected chi connectivity index (χ3v) is 4.79. The normalized spacial score (nSPS) is 10.9. The third kappa shape index (κ3) is 2.98. The van der Waals surface area contributed by atoms with Crippen molar-refractivity contribution in [1.82, 2.24) is 24.7 Å². The van der Waals surface area contributed by atoms with E-state index < -0.39 is 11.3 Å². The lowest BCUT2D eigenvalue weighted by atomic mass is 10.0. The number of carbonyl (C=O) groups is 1. The summed E-state index contributed by atoms with van der Waals surface area (Å²) in [5.41, 5.74) is 2.61. The molecule has 0 unspecified atom stereocenters. The zero-order valence-electron chi connectivity index (χ0n) is 15.7. The number of para-hydroxylation sites is 1. The highest BCUT2D eigenvalue weighted by atomic mass is 16.1. The summed E-state index contributed by atoms with van der Waals surface area (Å²) in [6, 6.07) is 18.1. The van der Waals surface area contributed by atoms with Crippen LogP contribution in [0.5, 0.6) is 0 Å². The van der Waals surface area contributed by atoms with Gasteiger partial charge in [0.25, 0.3) is 5.56 Å². The van der Waals surface area contributed by atoms with Crippen LogP contribution in [0.1, 0.15) is 15.9 Å². The van der Waals surface area contributed by atoms with Gasteiger partial charge in [0.2, 0.25) is 0 Å². The van der Waals surface area contributed by atoms with Crippen molar-refractivity contribution in [2.24, 2.45) is 0 Å². The van der Waals surface area contributed by atoms with Crippen molar-refractivity contribution in [3.8, 4) is 16.9 Å². The number of benzene rings is 1. The Hall–Kier alpha value is -4.39. The van der Waals surface area contributed by atoms with Crippen molar-refractivity contribution in [3.05, 3.63) is 107 Å². The lowest BCUT2D eigenvalue weighted by molar-refractivity contribution is 0.103. The van der Waals surface area contributed by atoms with Crippen LogP contribution in [0.3, 0.4) is 0 Å². The van der Waals surface area contributed by atoms with E-state index in [1.807, 2.05) is 42.5 Å². The molecule has 144 valence electrons. The highest BCUT2D eigenvalue weighted by Crippen LogP contribution is 2.28. The fourth-order valence-electron chi connectivity index (χ4n) is 3.37. The van der Waals surface area contributed by atoms with Crippen LogP contribution in [-0.2, 0) is 0 Å². The number of nitrogens with zero attached hydrogens (tertiary/aromatic N) is 4. The zero-order chi connectivity index (χ0) is 20.5. The van der Waals surface area contributed by atoms with Gasteiger partial charge in [-0.3, -0.25) is 19.6 Å². The Morgan fingerprint density at radius 2 is 1.67 bits per heavy atom. The largest absolute Gasteiger partial charge is 0.306 e. The molecule has 0 saturated heterocycles. The first kappa shape index (κ1) is 17.7. The molecule has 4 aromatic heterocycles. The quantitative estimate of drug-likeness (QED) is 0.472. The van der Waals surface area contributed by atoms with Crippen molar-refractivity contribution >= 4 is 16.8 Å². The SMILES string of the molecule is O=C(c1cccnc1)c1cc2c(-c3cccnc3)nn(-c3ccccc3)c2[nH]c1=O. The van der Waals surface area contributed by atoms with E-state index in [0.717, 1.165) is 11.3 Å². The summed E-state index contributed by atoms with van der Waals surface area (Å²) in [4.78, 5) is 36.8. The lowest BCUT2D eigenvalue weighted by Gasteiger charge is -2.04. The molecule has 1 aromatic carbocycles. The zero-order valence-corrected chi connectivity index (χ0v) is 15.7. The summed E-state index contributed by atoms with van der Waals surface area (Å²) in [7, 11) is 0. The molecule has 0 spiro atoms. The summed E-state index contributed by atoms with van der Waals surface area (Å²) in [5.74, 6) is -0.393. The number of aromatic amines is 1. The molecule has 7 nitrogen and oxygen atoms in total. The fraction of sp³-hybridized carbons (Fsp3) is 0. The first-order valence-electron chi connectivity index (χ1n) is 9.29. The molecule has 0 amide bonds. The van der Waals surface area contributed by atoms with Crippen molar-refractivity contribution in [2.75, 3.05) is 0 Å². The Kier molecular flexibility index (Phi) is 4.25. The van der Waals surface area contributed by atoms with Gasteiger partial charge in [0, 0.05) is 41.3 Å². The van der Waals surface area contributed by atoms with E-state index in [2.05, 4.69) is 15.0 Å².